The molecular formula is C30H32N2O7S. The molecule has 0 aliphatic carbocycles. The van der Waals surface area contributed by atoms with Crippen LogP contribution in [-0.4, -0.2) is 56.9 Å². The molecule has 0 spiro atoms. The highest BCUT2D eigenvalue weighted by molar-refractivity contribution is 7.89. The molecule has 1 amide bonds. The molecule has 2 aromatic carbocycles. The van der Waals surface area contributed by atoms with Gasteiger partial charge >= 0.3 is 5.97 Å². The van der Waals surface area contributed by atoms with E-state index in [1.165, 1.54) is 29.5 Å². The number of esters is 1. The van der Waals surface area contributed by atoms with Gasteiger partial charge in [0.05, 0.1) is 36.3 Å². The van der Waals surface area contributed by atoms with E-state index in [4.69, 9.17) is 13.9 Å². The van der Waals surface area contributed by atoms with Crippen LogP contribution in [0.1, 0.15) is 29.6 Å². The molecule has 40 heavy (non-hydrogen) atoms. The van der Waals surface area contributed by atoms with Crippen LogP contribution in [0.25, 0.3) is 6.08 Å². The topological polar surface area (TPSA) is 106 Å². The van der Waals surface area contributed by atoms with E-state index in [0.717, 1.165) is 11.1 Å². The smallest absolute Gasteiger partial charge is 0.340 e. The van der Waals surface area contributed by atoms with Gasteiger partial charge in [-0.1, -0.05) is 48.0 Å². The first-order chi connectivity index (χ1) is 19.1. The zero-order valence-electron chi connectivity index (χ0n) is 22.9. The minimum atomic E-state index is -3.87. The molecule has 0 atom stereocenters. The van der Waals surface area contributed by atoms with E-state index in [9.17, 15) is 18.0 Å². The molecule has 210 valence electrons. The predicted octanol–water partition coefficient (Wildman–Crippen LogP) is 4.30. The number of aryl methyl sites for hydroxylation is 1. The Balaban J connectivity index is 1.65. The second-order valence-electron chi connectivity index (χ2n) is 9.34. The summed E-state index contributed by atoms with van der Waals surface area (Å²) in [5.41, 5.74) is 2.52. The lowest BCUT2D eigenvalue weighted by atomic mass is 10.1. The van der Waals surface area contributed by atoms with Crippen molar-refractivity contribution in [2.45, 2.75) is 31.8 Å². The van der Waals surface area contributed by atoms with E-state index in [1.807, 2.05) is 37.3 Å². The average molecular weight is 565 g/mol. The lowest BCUT2D eigenvalue weighted by molar-refractivity contribution is -0.136. The molecule has 0 saturated carbocycles. The summed E-state index contributed by atoms with van der Waals surface area (Å²) in [4.78, 5) is 27.4. The Morgan fingerprint density at radius 1 is 0.975 bits per heavy atom. The normalized spacial score (nSPS) is 15.0. The van der Waals surface area contributed by atoms with E-state index in [0.29, 0.717) is 23.8 Å². The van der Waals surface area contributed by atoms with Gasteiger partial charge in [-0.2, -0.15) is 4.31 Å². The third-order valence-electron chi connectivity index (χ3n) is 6.58. The Bertz CT molecular complexity index is 1540. The molecule has 0 radical (unpaired) electrons. The molecule has 0 bridgehead atoms. The van der Waals surface area contributed by atoms with Crippen LogP contribution in [0.5, 0.6) is 0 Å². The van der Waals surface area contributed by atoms with E-state index < -0.39 is 16.0 Å². The highest BCUT2D eigenvalue weighted by Crippen LogP contribution is 2.32. The molecule has 2 heterocycles. The van der Waals surface area contributed by atoms with Gasteiger partial charge in [-0.05, 0) is 49.8 Å². The third-order valence-corrected chi connectivity index (χ3v) is 8.39. The first-order valence-electron chi connectivity index (χ1n) is 12.7. The molecule has 9 nitrogen and oxygen atoms in total. The number of furan rings is 1. The van der Waals surface area contributed by atoms with Crippen molar-refractivity contribution in [3.63, 3.8) is 0 Å². The van der Waals surface area contributed by atoms with Gasteiger partial charge in [-0.25, -0.2) is 13.2 Å². The highest BCUT2D eigenvalue weighted by Gasteiger charge is 2.37. The molecule has 0 N–H and O–H groups in total. The number of carbonyl (C=O) groups is 2. The second-order valence-corrected chi connectivity index (χ2v) is 11.3. The van der Waals surface area contributed by atoms with Crippen LogP contribution in [0, 0.1) is 6.92 Å². The molecule has 1 aliphatic rings. The maximum absolute atomic E-state index is 13.6. The largest absolute Gasteiger partial charge is 0.465 e. The van der Waals surface area contributed by atoms with E-state index in [-0.39, 0.29) is 41.6 Å². The summed E-state index contributed by atoms with van der Waals surface area (Å²) >= 11 is 0. The van der Waals surface area contributed by atoms with Crippen molar-refractivity contribution in [1.29, 1.82) is 0 Å². The minimum Gasteiger partial charge on any atom is -0.465 e. The minimum absolute atomic E-state index is 0.0408. The summed E-state index contributed by atoms with van der Waals surface area (Å²) in [6, 6.07) is 19.3. The Morgan fingerprint density at radius 2 is 1.68 bits per heavy atom. The number of allylic oxidation sites excluding steroid dienone is 1. The quantitative estimate of drug-likeness (QED) is 0.253. The number of amides is 1. The van der Waals surface area contributed by atoms with Crippen LogP contribution in [0.2, 0.25) is 0 Å². The zero-order valence-corrected chi connectivity index (χ0v) is 23.7. The van der Waals surface area contributed by atoms with Gasteiger partial charge in [0, 0.05) is 25.9 Å². The van der Waals surface area contributed by atoms with Gasteiger partial charge in [0.25, 0.3) is 5.91 Å². The molecule has 0 fully saturated rings. The van der Waals surface area contributed by atoms with Crippen LogP contribution >= 0.6 is 0 Å². The fourth-order valence-electron chi connectivity index (χ4n) is 4.43. The zero-order chi connectivity index (χ0) is 28.9. The Kier molecular flexibility index (Phi) is 9.03. The van der Waals surface area contributed by atoms with E-state index in [2.05, 4.69) is 0 Å². The van der Waals surface area contributed by atoms with Crippen molar-refractivity contribution in [2.24, 2.45) is 0 Å². The van der Waals surface area contributed by atoms with Gasteiger partial charge in [0.2, 0.25) is 10.0 Å². The Hall–Kier alpha value is -3.99. The number of hydrogen-bond acceptors (Lipinski definition) is 7. The number of nitrogens with zero attached hydrogens (tertiary/aromatic N) is 2. The number of hydrogen-bond donors (Lipinski definition) is 0. The molecule has 1 aromatic heterocycles. The second kappa shape index (κ2) is 12.5. The predicted molar refractivity (Wildman–Crippen MR) is 149 cm³/mol. The Labute approximate surface area is 234 Å². The van der Waals surface area contributed by atoms with E-state index in [1.54, 1.807) is 43.3 Å². The van der Waals surface area contributed by atoms with Gasteiger partial charge in [0.15, 0.2) is 0 Å². The van der Waals surface area contributed by atoms with Crippen molar-refractivity contribution >= 4 is 28.0 Å². The summed E-state index contributed by atoms with van der Waals surface area (Å²) in [7, 11) is -1.08. The lowest BCUT2D eigenvalue weighted by Crippen LogP contribution is -2.30. The van der Waals surface area contributed by atoms with Crippen molar-refractivity contribution in [3.8, 4) is 0 Å². The van der Waals surface area contributed by atoms with Crippen LogP contribution < -0.4 is 0 Å². The lowest BCUT2D eigenvalue weighted by Gasteiger charge is -2.21. The van der Waals surface area contributed by atoms with Gasteiger partial charge in [0.1, 0.15) is 11.5 Å². The molecule has 3 aromatic rings. The SMILES string of the molecule is COCCN1C(=O)/C(=C/c2ccc(CN(Cc3ccccc3)S(=O)(=O)c3ccc(C)cc3)o2)C(C(=O)OC)=C1C. The summed E-state index contributed by atoms with van der Waals surface area (Å²) in [5.74, 6) is -0.336. The fraction of sp³-hybridized carbons (Fsp3) is 0.267. The summed E-state index contributed by atoms with van der Waals surface area (Å²) in [6.07, 6.45) is 1.48. The van der Waals surface area contributed by atoms with Crippen molar-refractivity contribution in [2.75, 3.05) is 27.4 Å². The first-order valence-corrected chi connectivity index (χ1v) is 14.1. The summed E-state index contributed by atoms with van der Waals surface area (Å²) in [5, 5.41) is 0. The molecule has 4 rings (SSSR count). The van der Waals surface area contributed by atoms with E-state index >= 15 is 0 Å². The number of rotatable bonds is 11. The Morgan fingerprint density at radius 3 is 2.33 bits per heavy atom. The number of sulfonamides is 1. The molecule has 0 unspecified atom stereocenters. The number of methoxy groups -OCH3 is 2. The maximum atomic E-state index is 13.6. The molecule has 1 aliphatic heterocycles. The van der Waals surface area contributed by atoms with Crippen molar-refractivity contribution < 1.29 is 31.9 Å². The van der Waals surface area contributed by atoms with Crippen LogP contribution in [0.3, 0.4) is 0 Å². The number of carbonyl (C=O) groups excluding carboxylic acids is 2. The van der Waals surface area contributed by atoms with Gasteiger partial charge < -0.3 is 18.8 Å². The van der Waals surface area contributed by atoms with Crippen LogP contribution in [0.15, 0.2) is 92.9 Å². The molecule has 0 saturated heterocycles. The van der Waals surface area contributed by atoms with Crippen LogP contribution in [0.4, 0.5) is 0 Å². The highest BCUT2D eigenvalue weighted by atomic mass is 32.2. The summed E-state index contributed by atoms with van der Waals surface area (Å²) < 4.78 is 44.6. The van der Waals surface area contributed by atoms with Gasteiger partial charge in [-0.15, -0.1) is 0 Å². The van der Waals surface area contributed by atoms with Crippen LogP contribution in [-0.2, 0) is 42.2 Å². The van der Waals surface area contributed by atoms with Crippen molar-refractivity contribution in [1.82, 2.24) is 9.21 Å². The monoisotopic (exact) mass is 564 g/mol. The summed E-state index contributed by atoms with van der Waals surface area (Å²) in [6.45, 7) is 4.23. The molecular weight excluding hydrogens is 532 g/mol. The van der Waals surface area contributed by atoms with Gasteiger partial charge in [-0.3, -0.25) is 4.79 Å². The third kappa shape index (κ3) is 6.25. The van der Waals surface area contributed by atoms with Crippen molar-refractivity contribution in [3.05, 3.63) is 106 Å². The standard InChI is InChI=1S/C30H32N2O7S/c1-21-10-14-26(15-11-21)40(35,36)31(19-23-8-6-5-7-9-23)20-25-13-12-24(39-25)18-27-28(30(34)38-4)22(2)32(29(27)33)16-17-37-3/h5-15,18H,16-17,19-20H2,1-4H3/b27-18+. The average Bonchev–Trinajstić information content (AvgIpc) is 3.48. The fourth-order valence-corrected chi connectivity index (χ4v) is 5.82. The molecule has 10 heteroatoms. The maximum Gasteiger partial charge on any atom is 0.340 e. The number of benzene rings is 2. The first kappa shape index (κ1) is 29.0. The number of ether oxygens (including phenoxy) is 2.